The molecule has 0 fully saturated rings. The van der Waals surface area contributed by atoms with Crippen molar-refractivity contribution in [3.8, 4) is 22.3 Å². The van der Waals surface area contributed by atoms with Crippen LogP contribution in [0.4, 0.5) is 34.1 Å². The highest BCUT2D eigenvalue weighted by Crippen LogP contribution is 2.68. The van der Waals surface area contributed by atoms with E-state index in [0.29, 0.717) is 0 Å². The number of fused-ring (bicyclic) bond motifs is 22. The lowest BCUT2D eigenvalue weighted by atomic mass is 9.56. The first-order valence-electron chi connectivity index (χ1n) is 32.0. The van der Waals surface area contributed by atoms with Crippen LogP contribution in [-0.4, -0.2) is 0 Å². The van der Waals surface area contributed by atoms with E-state index >= 15 is 0 Å². The second-order valence-electron chi connectivity index (χ2n) is 25.6. The molecule has 4 heteroatoms. The predicted octanol–water partition coefficient (Wildman–Crippen LogP) is 24.6. The van der Waals surface area contributed by atoms with Crippen LogP contribution in [-0.2, 0) is 10.8 Å². The molecule has 0 aliphatic heterocycles. The molecule has 2 atom stereocenters. The first kappa shape index (κ1) is 51.2. The van der Waals surface area contributed by atoms with Gasteiger partial charge in [-0.15, -0.1) is 0 Å². The number of hydrogen-bond acceptors (Lipinski definition) is 4. The van der Waals surface area contributed by atoms with Crippen molar-refractivity contribution in [3.05, 3.63) is 326 Å². The Bertz CT molecular complexity index is 5850. The van der Waals surface area contributed by atoms with Crippen molar-refractivity contribution in [1.82, 2.24) is 0 Å². The minimum atomic E-state index is -0.694. The molecule has 0 saturated carbocycles. The monoisotopic (exact) mass is 1170 g/mol. The molecule has 0 saturated heterocycles. The van der Waals surface area contributed by atoms with Crippen molar-refractivity contribution >= 4 is 143 Å². The Balaban J connectivity index is 0.892. The zero-order valence-electron chi connectivity index (χ0n) is 50.6. The van der Waals surface area contributed by atoms with Gasteiger partial charge in [0.15, 0.2) is 11.2 Å². The molecule has 2 aliphatic carbocycles. The summed E-state index contributed by atoms with van der Waals surface area (Å²) < 4.78 is 14.2. The summed E-state index contributed by atoms with van der Waals surface area (Å²) in [4.78, 5) is 5.01. The minimum absolute atomic E-state index is 0.694. The number of rotatable bonds is 7. The molecular weight excluding hydrogens is 1120 g/mol. The number of furan rings is 2. The van der Waals surface area contributed by atoms with Gasteiger partial charge in [-0.25, -0.2) is 0 Å². The summed E-state index contributed by atoms with van der Waals surface area (Å²) in [7, 11) is 0. The van der Waals surface area contributed by atoms with E-state index in [4.69, 9.17) is 8.83 Å². The van der Waals surface area contributed by atoms with E-state index in [2.05, 4.69) is 327 Å². The van der Waals surface area contributed by atoms with Gasteiger partial charge in [-0.05, 0) is 159 Å². The van der Waals surface area contributed by atoms with Crippen LogP contribution in [0.15, 0.2) is 312 Å². The first-order valence-corrected chi connectivity index (χ1v) is 32.0. The molecule has 0 N–H and O–H groups in total. The van der Waals surface area contributed by atoms with Crippen LogP contribution in [0.2, 0.25) is 0 Å². The Morgan fingerprint density at radius 1 is 0.239 bits per heavy atom. The molecule has 18 aromatic rings. The zero-order valence-corrected chi connectivity index (χ0v) is 50.6. The molecule has 20 rings (SSSR count). The van der Waals surface area contributed by atoms with Crippen molar-refractivity contribution in [3.63, 3.8) is 0 Å². The van der Waals surface area contributed by atoms with Gasteiger partial charge in [0.05, 0.1) is 22.7 Å². The molecule has 0 radical (unpaired) electrons. The first-order chi connectivity index (χ1) is 45.4. The Morgan fingerprint density at radius 3 is 1.02 bits per heavy atom. The van der Waals surface area contributed by atoms with Crippen molar-refractivity contribution in [1.29, 1.82) is 0 Å². The van der Waals surface area contributed by atoms with Crippen molar-refractivity contribution in [2.75, 3.05) is 9.80 Å². The van der Waals surface area contributed by atoms with Gasteiger partial charge < -0.3 is 18.6 Å². The van der Waals surface area contributed by atoms with Gasteiger partial charge in [-0.3, -0.25) is 0 Å². The lowest BCUT2D eigenvalue weighted by Gasteiger charge is -2.46. The highest BCUT2D eigenvalue weighted by atomic mass is 16.3. The zero-order chi connectivity index (χ0) is 60.6. The molecule has 0 amide bonds. The maximum Gasteiger partial charge on any atom is 0.159 e. The average molecular weight is 1170 g/mol. The molecular formula is C88H56N2O2. The van der Waals surface area contributed by atoms with Crippen LogP contribution >= 0.6 is 0 Å². The number of benzene rings is 16. The molecule has 0 bridgehead atoms. The summed E-state index contributed by atoms with van der Waals surface area (Å²) in [5.74, 6) is 0. The number of hydrogen-bond donors (Lipinski definition) is 0. The third kappa shape index (κ3) is 6.85. The lowest BCUT2D eigenvalue weighted by Crippen LogP contribution is -2.44. The van der Waals surface area contributed by atoms with Gasteiger partial charge in [0, 0.05) is 54.5 Å². The van der Waals surface area contributed by atoms with Crippen LogP contribution < -0.4 is 9.80 Å². The van der Waals surface area contributed by atoms with E-state index in [9.17, 15) is 0 Å². The molecule has 0 spiro atoms. The summed E-state index contributed by atoms with van der Waals surface area (Å²) in [6.45, 7) is 5.12. The predicted molar refractivity (Wildman–Crippen MR) is 386 cm³/mol. The van der Waals surface area contributed by atoms with Crippen LogP contribution in [0.5, 0.6) is 0 Å². The quantitative estimate of drug-likeness (QED) is 0.149. The molecule has 2 unspecified atom stereocenters. The van der Waals surface area contributed by atoms with Gasteiger partial charge in [-0.1, -0.05) is 257 Å². The summed E-state index contributed by atoms with van der Waals surface area (Å²) in [6, 6.07) is 113. The van der Waals surface area contributed by atoms with Crippen LogP contribution in [0.25, 0.3) is 131 Å². The van der Waals surface area contributed by atoms with Gasteiger partial charge in [0.25, 0.3) is 0 Å². The fraction of sp³-hybridized carbons (Fsp3) is 0.0455. The molecule has 2 aromatic heterocycles. The highest BCUT2D eigenvalue weighted by Gasteiger charge is 2.58. The second kappa shape index (κ2) is 18.9. The molecule has 4 nitrogen and oxygen atoms in total. The van der Waals surface area contributed by atoms with E-state index in [-0.39, 0.29) is 0 Å². The Labute approximate surface area is 530 Å². The van der Waals surface area contributed by atoms with E-state index < -0.39 is 10.8 Å². The van der Waals surface area contributed by atoms with Crippen LogP contribution in [0.3, 0.4) is 0 Å². The average Bonchev–Trinajstić information content (AvgIpc) is 1.49. The van der Waals surface area contributed by atoms with E-state index in [1.54, 1.807) is 0 Å². The Hall–Kier alpha value is -11.7. The van der Waals surface area contributed by atoms with Crippen molar-refractivity contribution in [2.24, 2.45) is 0 Å². The lowest BCUT2D eigenvalue weighted by molar-refractivity contribution is 0.376. The maximum absolute atomic E-state index is 7.09. The van der Waals surface area contributed by atoms with Crippen LogP contribution in [0, 0.1) is 0 Å². The third-order valence-electron chi connectivity index (χ3n) is 21.3. The standard InChI is InChI=1S/C88H56N2O2/c1-87(73-35-15-11-31-69(73)83-65-29-9-7-25-61(65)79(51-75(83)87)89(77-37-19-33-67-63-27-13-17-39-81(63)91-85(67)77)57-47-45-55-43-41-53-21-3-5-23-59(53)71(55)49-57)88(2)74-36-16-12-32-70(74)84-66-30-10-8-26-62(66)80(52-76(84)88)90(78-38-20-34-68-64-28-14-18-40-82(64)92-86(68)78)58-48-46-56-44-42-54-22-4-6-24-60(54)72(56)50-58/h3-52H,1-2H3. The maximum atomic E-state index is 7.09. The molecule has 430 valence electrons. The topological polar surface area (TPSA) is 32.8 Å². The van der Waals surface area contributed by atoms with Gasteiger partial charge in [0.2, 0.25) is 0 Å². The summed E-state index contributed by atoms with van der Waals surface area (Å²) in [5.41, 5.74) is 18.4. The fourth-order valence-electron chi connectivity index (χ4n) is 17.0. The number of nitrogens with zero attached hydrogens (tertiary/aromatic N) is 2. The third-order valence-corrected chi connectivity index (χ3v) is 21.3. The summed E-state index contributed by atoms with van der Waals surface area (Å²) >= 11 is 0. The second-order valence-corrected chi connectivity index (χ2v) is 25.6. The smallest absolute Gasteiger partial charge is 0.159 e. The van der Waals surface area contributed by atoms with Crippen LogP contribution in [0.1, 0.15) is 36.1 Å². The summed E-state index contributed by atoms with van der Waals surface area (Å²) in [6.07, 6.45) is 0. The SMILES string of the molecule is CC1(C2(C)c3ccccc3-c3c2cc(N(c2ccc4ccc5ccccc5c4c2)c2cccc4c2oc2ccccc24)c2ccccc32)c2ccccc2-c2c1cc(N(c1ccc3ccc4ccccc4c3c1)c1cccc3c1oc1ccccc13)c1ccccc21. The molecule has 16 aromatic carbocycles. The van der Waals surface area contributed by atoms with Crippen molar-refractivity contribution in [2.45, 2.75) is 24.7 Å². The minimum Gasteiger partial charge on any atom is -0.454 e. The summed E-state index contributed by atoms with van der Waals surface area (Å²) in [5, 5.41) is 18.7. The Kier molecular flexibility index (Phi) is 10.5. The van der Waals surface area contributed by atoms with Crippen molar-refractivity contribution < 1.29 is 8.83 Å². The Morgan fingerprint density at radius 2 is 0.576 bits per heavy atom. The van der Waals surface area contributed by atoms with E-state index in [1.807, 2.05) is 0 Å². The molecule has 2 heterocycles. The fourth-order valence-corrected chi connectivity index (χ4v) is 17.0. The molecule has 2 aliphatic rings. The van der Waals surface area contributed by atoms with Gasteiger partial charge >= 0.3 is 0 Å². The number of anilines is 6. The molecule has 92 heavy (non-hydrogen) atoms. The van der Waals surface area contributed by atoms with E-state index in [0.717, 1.165) is 88.8 Å². The van der Waals surface area contributed by atoms with E-state index in [1.165, 1.54) is 98.4 Å². The largest absolute Gasteiger partial charge is 0.454 e. The number of para-hydroxylation sites is 4. The highest BCUT2D eigenvalue weighted by molar-refractivity contribution is 6.19. The van der Waals surface area contributed by atoms with Gasteiger partial charge in [-0.2, -0.15) is 0 Å². The van der Waals surface area contributed by atoms with Gasteiger partial charge in [0.1, 0.15) is 11.2 Å². The normalized spacial score (nSPS) is 15.8.